The van der Waals surface area contributed by atoms with Crippen LogP contribution in [0.3, 0.4) is 0 Å². The molecule has 0 spiro atoms. The van der Waals surface area contributed by atoms with Gasteiger partial charge in [0.25, 0.3) is 0 Å². The molecule has 1 aromatic rings. The standard InChI is InChI=1S/C26H34O6/c1-7-30-20(27)19-14-18(15-24(19,5)17-10-8-16(2)9-11-17)31-22(29)26-13-12-25(6,21(28)32-26)23(26,3)4/h8-11,18-19H,7,12-15H2,1-6H3/t18-,19-,24-,25-,26+/m0/s1. The number of benzene rings is 1. The van der Waals surface area contributed by atoms with Gasteiger partial charge in [-0.05, 0) is 52.0 Å². The molecule has 1 aromatic carbocycles. The first-order valence-electron chi connectivity index (χ1n) is 11.6. The van der Waals surface area contributed by atoms with Gasteiger partial charge in [0.1, 0.15) is 6.10 Å². The summed E-state index contributed by atoms with van der Waals surface area (Å²) >= 11 is 0. The van der Waals surface area contributed by atoms with E-state index in [0.717, 1.165) is 11.1 Å². The minimum atomic E-state index is -1.26. The van der Waals surface area contributed by atoms with Gasteiger partial charge >= 0.3 is 17.9 Å². The maximum Gasteiger partial charge on any atom is 0.351 e. The highest BCUT2D eigenvalue weighted by Gasteiger charge is 2.76. The topological polar surface area (TPSA) is 78.9 Å². The third-order valence-corrected chi connectivity index (χ3v) is 8.89. The van der Waals surface area contributed by atoms with E-state index < -0.39 is 39.8 Å². The van der Waals surface area contributed by atoms with E-state index >= 15 is 0 Å². The van der Waals surface area contributed by atoms with Crippen molar-refractivity contribution in [1.82, 2.24) is 0 Å². The Hall–Kier alpha value is -2.37. The highest BCUT2D eigenvalue weighted by Crippen LogP contribution is 2.66. The number of aryl methyl sites for hydroxylation is 1. The van der Waals surface area contributed by atoms with Crippen molar-refractivity contribution in [1.29, 1.82) is 0 Å². The Morgan fingerprint density at radius 3 is 2.28 bits per heavy atom. The van der Waals surface area contributed by atoms with Gasteiger partial charge in [0.05, 0.1) is 17.9 Å². The molecule has 0 aromatic heterocycles. The number of esters is 3. The monoisotopic (exact) mass is 442 g/mol. The van der Waals surface area contributed by atoms with Crippen LogP contribution in [-0.2, 0) is 34.0 Å². The molecule has 2 bridgehead atoms. The molecule has 32 heavy (non-hydrogen) atoms. The molecule has 0 amide bonds. The Labute approximate surface area is 190 Å². The van der Waals surface area contributed by atoms with Crippen molar-refractivity contribution in [3.05, 3.63) is 35.4 Å². The third kappa shape index (κ3) is 2.94. The van der Waals surface area contributed by atoms with Crippen molar-refractivity contribution < 1.29 is 28.6 Å². The van der Waals surface area contributed by atoms with Crippen LogP contribution in [0.15, 0.2) is 24.3 Å². The molecular formula is C26H34O6. The van der Waals surface area contributed by atoms with Gasteiger partial charge in [-0.15, -0.1) is 0 Å². The number of carbonyl (C=O) groups excluding carboxylic acids is 3. The molecule has 1 heterocycles. The minimum absolute atomic E-state index is 0.270. The molecule has 1 saturated heterocycles. The SMILES string of the molecule is CCOC(=O)[C@@H]1C[C@H](OC(=O)[C@@]23CC[C@@](C)(C(=O)O2)C3(C)C)C[C@@]1(C)c1ccc(C)cc1. The van der Waals surface area contributed by atoms with Crippen LogP contribution in [0.2, 0.25) is 0 Å². The second-order valence-electron chi connectivity index (χ2n) is 10.7. The van der Waals surface area contributed by atoms with Gasteiger partial charge in [0.2, 0.25) is 5.60 Å². The number of ether oxygens (including phenoxy) is 3. The smallest absolute Gasteiger partial charge is 0.351 e. The van der Waals surface area contributed by atoms with E-state index in [-0.39, 0.29) is 11.9 Å². The Balaban J connectivity index is 1.60. The summed E-state index contributed by atoms with van der Waals surface area (Å²) in [5.74, 6) is -1.51. The maximum atomic E-state index is 13.5. The fraction of sp³-hybridized carbons (Fsp3) is 0.654. The van der Waals surface area contributed by atoms with Gasteiger partial charge in [-0.2, -0.15) is 0 Å². The summed E-state index contributed by atoms with van der Waals surface area (Å²) in [4.78, 5) is 38.9. The van der Waals surface area contributed by atoms with Crippen molar-refractivity contribution in [3.8, 4) is 0 Å². The first-order chi connectivity index (χ1) is 14.9. The fourth-order valence-electron chi connectivity index (χ4n) is 6.11. The Morgan fingerprint density at radius 2 is 1.75 bits per heavy atom. The molecule has 2 aliphatic carbocycles. The lowest BCUT2D eigenvalue weighted by Crippen LogP contribution is -2.49. The zero-order valence-electron chi connectivity index (χ0n) is 19.9. The maximum absolute atomic E-state index is 13.5. The van der Waals surface area contributed by atoms with Crippen LogP contribution in [-0.4, -0.2) is 36.2 Å². The van der Waals surface area contributed by atoms with Gasteiger partial charge in [0.15, 0.2) is 0 Å². The first kappa shape index (κ1) is 22.8. The van der Waals surface area contributed by atoms with E-state index in [4.69, 9.17) is 14.2 Å². The molecule has 3 aliphatic rings. The van der Waals surface area contributed by atoms with Crippen LogP contribution in [0, 0.1) is 23.7 Å². The summed E-state index contributed by atoms with van der Waals surface area (Å²) in [6.45, 7) is 11.9. The number of rotatable bonds is 5. The van der Waals surface area contributed by atoms with Crippen molar-refractivity contribution in [3.63, 3.8) is 0 Å². The highest BCUT2D eigenvalue weighted by molar-refractivity contribution is 5.93. The molecule has 0 N–H and O–H groups in total. The molecule has 0 radical (unpaired) electrons. The van der Waals surface area contributed by atoms with Crippen LogP contribution in [0.4, 0.5) is 0 Å². The Kier molecular flexibility index (Phi) is 5.22. The molecule has 1 aliphatic heterocycles. The van der Waals surface area contributed by atoms with Crippen LogP contribution in [0.5, 0.6) is 0 Å². The van der Waals surface area contributed by atoms with Crippen LogP contribution in [0.25, 0.3) is 0 Å². The largest absolute Gasteiger partial charge is 0.466 e. The van der Waals surface area contributed by atoms with E-state index in [1.165, 1.54) is 0 Å². The van der Waals surface area contributed by atoms with Gasteiger partial charge in [0, 0.05) is 10.8 Å². The quantitative estimate of drug-likeness (QED) is 0.501. The lowest BCUT2D eigenvalue weighted by Gasteiger charge is -2.35. The van der Waals surface area contributed by atoms with Crippen molar-refractivity contribution in [2.24, 2.45) is 16.7 Å². The molecule has 6 nitrogen and oxygen atoms in total. The van der Waals surface area contributed by atoms with Crippen LogP contribution >= 0.6 is 0 Å². The fourth-order valence-corrected chi connectivity index (χ4v) is 6.11. The first-order valence-corrected chi connectivity index (χ1v) is 11.6. The second kappa shape index (κ2) is 7.32. The molecular weight excluding hydrogens is 408 g/mol. The Bertz CT molecular complexity index is 950. The normalized spacial score (nSPS) is 37.2. The lowest BCUT2D eigenvalue weighted by molar-refractivity contribution is -0.187. The molecule has 0 unspecified atom stereocenters. The molecule has 174 valence electrons. The average Bonchev–Trinajstić information content (AvgIpc) is 3.22. The van der Waals surface area contributed by atoms with E-state index in [1.807, 2.05) is 58.9 Å². The molecule has 2 saturated carbocycles. The summed E-state index contributed by atoms with van der Waals surface area (Å²) in [5.41, 5.74) is -0.965. The van der Waals surface area contributed by atoms with Crippen molar-refractivity contribution in [2.75, 3.05) is 6.61 Å². The number of fused-ring (bicyclic) bond motifs is 2. The van der Waals surface area contributed by atoms with E-state index in [2.05, 4.69) is 0 Å². The van der Waals surface area contributed by atoms with Crippen LogP contribution in [0.1, 0.15) is 71.4 Å². The third-order valence-electron chi connectivity index (χ3n) is 8.89. The second-order valence-corrected chi connectivity index (χ2v) is 10.7. The number of hydrogen-bond acceptors (Lipinski definition) is 6. The molecule has 6 heteroatoms. The summed E-state index contributed by atoms with van der Waals surface area (Å²) in [7, 11) is 0. The van der Waals surface area contributed by atoms with E-state index in [0.29, 0.717) is 32.3 Å². The zero-order chi connectivity index (χ0) is 23.5. The molecule has 5 atom stereocenters. The van der Waals surface area contributed by atoms with Gasteiger partial charge in [-0.25, -0.2) is 4.79 Å². The van der Waals surface area contributed by atoms with Crippen LogP contribution < -0.4 is 0 Å². The molecule has 4 rings (SSSR count). The minimum Gasteiger partial charge on any atom is -0.466 e. The lowest BCUT2D eigenvalue weighted by atomic mass is 9.66. The summed E-state index contributed by atoms with van der Waals surface area (Å²) in [5, 5.41) is 0. The molecule has 3 fully saturated rings. The van der Waals surface area contributed by atoms with Crippen molar-refractivity contribution >= 4 is 17.9 Å². The number of carbonyl (C=O) groups is 3. The van der Waals surface area contributed by atoms with Gasteiger partial charge in [-0.3, -0.25) is 9.59 Å². The highest BCUT2D eigenvalue weighted by atomic mass is 16.6. The Morgan fingerprint density at radius 1 is 1.09 bits per heavy atom. The number of hydrogen-bond donors (Lipinski definition) is 0. The van der Waals surface area contributed by atoms with Gasteiger partial charge < -0.3 is 14.2 Å². The zero-order valence-corrected chi connectivity index (χ0v) is 19.9. The summed E-state index contributed by atoms with van der Waals surface area (Å²) in [6.07, 6.45) is 1.50. The van der Waals surface area contributed by atoms with Crippen molar-refractivity contribution in [2.45, 2.75) is 84.3 Å². The van der Waals surface area contributed by atoms with E-state index in [9.17, 15) is 14.4 Å². The predicted octanol–water partition coefficient (Wildman–Crippen LogP) is 4.26. The predicted molar refractivity (Wildman–Crippen MR) is 118 cm³/mol. The average molecular weight is 443 g/mol. The summed E-state index contributed by atoms with van der Waals surface area (Å²) < 4.78 is 17.1. The van der Waals surface area contributed by atoms with E-state index in [1.54, 1.807) is 6.92 Å². The summed E-state index contributed by atoms with van der Waals surface area (Å²) in [6, 6.07) is 8.13. The van der Waals surface area contributed by atoms with Gasteiger partial charge in [-0.1, -0.05) is 50.6 Å².